The van der Waals surface area contributed by atoms with Crippen molar-refractivity contribution in [2.24, 2.45) is 0 Å². The normalized spacial score (nSPS) is 25.8. The number of rotatable bonds is 5. The van der Waals surface area contributed by atoms with E-state index in [0.717, 1.165) is 0 Å². The molecule has 0 aromatic heterocycles. The van der Waals surface area contributed by atoms with Crippen LogP contribution in [0.4, 0.5) is 0 Å². The Balaban J connectivity index is 1.63. The van der Waals surface area contributed by atoms with Crippen LogP contribution in [0.15, 0.2) is 36.9 Å². The van der Waals surface area contributed by atoms with Crippen molar-refractivity contribution in [1.82, 2.24) is 9.80 Å². The molecular weight excluding hydrogens is 356 g/mol. The summed E-state index contributed by atoms with van der Waals surface area (Å²) in [5.74, 6) is 0.228. The van der Waals surface area contributed by atoms with E-state index in [1.165, 1.54) is 0 Å². The van der Waals surface area contributed by atoms with E-state index in [4.69, 9.17) is 4.74 Å². The Labute approximate surface area is 153 Å². The Morgan fingerprint density at radius 1 is 1.23 bits per heavy atom. The van der Waals surface area contributed by atoms with E-state index >= 15 is 0 Å². The van der Waals surface area contributed by atoms with Crippen LogP contribution in [0.3, 0.4) is 0 Å². The SMILES string of the molecule is C=CCOc1ccccc1C(=O)N1CCN(C2CS(=O)(=O)CC2O)CC1. The van der Waals surface area contributed by atoms with Crippen molar-refractivity contribution >= 4 is 15.7 Å². The van der Waals surface area contributed by atoms with E-state index < -0.39 is 15.9 Å². The molecule has 0 radical (unpaired) electrons. The van der Waals surface area contributed by atoms with Gasteiger partial charge in [0.15, 0.2) is 9.84 Å². The zero-order valence-electron chi connectivity index (χ0n) is 14.6. The summed E-state index contributed by atoms with van der Waals surface area (Å²) in [5.41, 5.74) is 0.506. The fraction of sp³-hybridized carbons (Fsp3) is 0.500. The lowest BCUT2D eigenvalue weighted by Gasteiger charge is -2.38. The molecule has 0 aliphatic carbocycles. The molecule has 2 unspecified atom stereocenters. The van der Waals surface area contributed by atoms with Crippen LogP contribution in [0, 0.1) is 0 Å². The Hall–Kier alpha value is -1.90. The summed E-state index contributed by atoms with van der Waals surface area (Å²) in [6, 6.07) is 6.73. The smallest absolute Gasteiger partial charge is 0.257 e. The van der Waals surface area contributed by atoms with Gasteiger partial charge in [0.1, 0.15) is 12.4 Å². The minimum Gasteiger partial charge on any atom is -0.489 e. The van der Waals surface area contributed by atoms with Gasteiger partial charge in [-0.25, -0.2) is 8.42 Å². The second-order valence-corrected chi connectivity index (χ2v) is 8.79. The molecule has 142 valence electrons. The maximum atomic E-state index is 12.8. The molecule has 0 bridgehead atoms. The highest BCUT2D eigenvalue weighted by Crippen LogP contribution is 2.23. The zero-order chi connectivity index (χ0) is 18.7. The maximum Gasteiger partial charge on any atom is 0.257 e. The Morgan fingerprint density at radius 2 is 1.92 bits per heavy atom. The molecule has 8 heteroatoms. The van der Waals surface area contributed by atoms with Gasteiger partial charge < -0.3 is 14.7 Å². The monoisotopic (exact) mass is 380 g/mol. The highest BCUT2D eigenvalue weighted by atomic mass is 32.2. The Kier molecular flexibility index (Phi) is 5.64. The molecule has 2 atom stereocenters. The van der Waals surface area contributed by atoms with Crippen molar-refractivity contribution in [3.05, 3.63) is 42.5 Å². The summed E-state index contributed by atoms with van der Waals surface area (Å²) in [6.07, 6.45) is 0.774. The summed E-state index contributed by atoms with van der Waals surface area (Å²) >= 11 is 0. The van der Waals surface area contributed by atoms with Gasteiger partial charge >= 0.3 is 0 Å². The first-order valence-electron chi connectivity index (χ1n) is 8.66. The van der Waals surface area contributed by atoms with Crippen LogP contribution in [0.25, 0.3) is 0 Å². The number of para-hydroxylation sites is 1. The van der Waals surface area contributed by atoms with Crippen LogP contribution in [-0.2, 0) is 9.84 Å². The van der Waals surface area contributed by atoms with Crippen LogP contribution < -0.4 is 4.74 Å². The van der Waals surface area contributed by atoms with Crippen molar-refractivity contribution in [3.8, 4) is 5.75 Å². The van der Waals surface area contributed by atoms with Crippen molar-refractivity contribution in [2.45, 2.75) is 12.1 Å². The molecule has 2 aliphatic rings. The topological polar surface area (TPSA) is 87.2 Å². The first kappa shape index (κ1) is 18.9. The lowest BCUT2D eigenvalue weighted by molar-refractivity contribution is 0.0375. The molecule has 0 saturated carbocycles. The van der Waals surface area contributed by atoms with Gasteiger partial charge in [-0.1, -0.05) is 24.8 Å². The molecule has 2 saturated heterocycles. The van der Waals surface area contributed by atoms with E-state index in [-0.39, 0.29) is 23.5 Å². The second-order valence-electron chi connectivity index (χ2n) is 6.64. The fourth-order valence-electron chi connectivity index (χ4n) is 3.50. The Morgan fingerprint density at radius 3 is 2.54 bits per heavy atom. The van der Waals surface area contributed by atoms with Gasteiger partial charge in [0, 0.05) is 26.2 Å². The van der Waals surface area contributed by atoms with Gasteiger partial charge in [-0.15, -0.1) is 0 Å². The minimum atomic E-state index is -3.18. The molecule has 2 fully saturated rings. The number of sulfone groups is 1. The molecule has 0 spiro atoms. The number of piperazine rings is 1. The van der Waals surface area contributed by atoms with E-state index in [1.807, 2.05) is 11.0 Å². The number of benzene rings is 1. The van der Waals surface area contributed by atoms with Crippen LogP contribution >= 0.6 is 0 Å². The van der Waals surface area contributed by atoms with Crippen LogP contribution in [0.1, 0.15) is 10.4 Å². The van der Waals surface area contributed by atoms with Gasteiger partial charge in [-0.05, 0) is 12.1 Å². The fourth-order valence-corrected chi connectivity index (χ4v) is 5.34. The number of carbonyl (C=O) groups excluding carboxylic acids is 1. The average Bonchev–Trinajstić information content (AvgIpc) is 2.92. The third kappa shape index (κ3) is 4.08. The summed E-state index contributed by atoms with van der Waals surface area (Å²) in [5, 5.41) is 10.0. The molecule has 7 nitrogen and oxygen atoms in total. The van der Waals surface area contributed by atoms with Gasteiger partial charge in [0.25, 0.3) is 5.91 Å². The standard InChI is InChI=1S/C18H24N2O5S/c1-2-11-25-17-6-4-3-5-14(17)18(22)20-9-7-19(8-10-20)15-12-26(23,24)13-16(15)21/h2-6,15-16,21H,1,7-13H2. The number of hydrogen-bond acceptors (Lipinski definition) is 6. The van der Waals surface area contributed by atoms with Gasteiger partial charge in [-0.2, -0.15) is 0 Å². The number of aliphatic hydroxyl groups excluding tert-OH is 1. The summed E-state index contributed by atoms with van der Waals surface area (Å²) in [4.78, 5) is 16.5. The van der Waals surface area contributed by atoms with Crippen molar-refractivity contribution in [2.75, 3.05) is 44.3 Å². The minimum absolute atomic E-state index is 0.0136. The summed E-state index contributed by atoms with van der Waals surface area (Å²) in [6.45, 7) is 5.99. The third-order valence-corrected chi connectivity index (χ3v) is 6.54. The predicted octanol–water partition coefficient (Wildman–Crippen LogP) is 0.167. The molecule has 2 aliphatic heterocycles. The lowest BCUT2D eigenvalue weighted by atomic mass is 10.1. The lowest BCUT2D eigenvalue weighted by Crippen LogP contribution is -2.54. The molecule has 1 aromatic rings. The summed E-state index contributed by atoms with van der Waals surface area (Å²) in [7, 11) is -3.18. The largest absolute Gasteiger partial charge is 0.489 e. The highest BCUT2D eigenvalue weighted by molar-refractivity contribution is 7.91. The van der Waals surface area contributed by atoms with Gasteiger partial charge in [-0.3, -0.25) is 9.69 Å². The first-order valence-corrected chi connectivity index (χ1v) is 10.5. The second kappa shape index (κ2) is 7.77. The van der Waals surface area contributed by atoms with E-state index in [2.05, 4.69) is 6.58 Å². The first-order chi connectivity index (χ1) is 12.4. The number of aliphatic hydroxyl groups is 1. The van der Waals surface area contributed by atoms with Gasteiger partial charge in [0.2, 0.25) is 0 Å². The van der Waals surface area contributed by atoms with Crippen molar-refractivity contribution in [3.63, 3.8) is 0 Å². The number of carbonyl (C=O) groups is 1. The van der Waals surface area contributed by atoms with E-state index in [0.29, 0.717) is 44.1 Å². The van der Waals surface area contributed by atoms with Gasteiger partial charge in [0.05, 0.1) is 29.2 Å². The number of ether oxygens (including phenoxy) is 1. The molecule has 26 heavy (non-hydrogen) atoms. The van der Waals surface area contributed by atoms with E-state index in [1.54, 1.807) is 29.2 Å². The number of hydrogen-bond donors (Lipinski definition) is 1. The molecule has 1 aromatic carbocycles. The summed E-state index contributed by atoms with van der Waals surface area (Å²) < 4.78 is 29.0. The molecule has 1 amide bonds. The molecular formula is C18H24N2O5S. The average molecular weight is 380 g/mol. The molecule has 1 N–H and O–H groups in total. The maximum absolute atomic E-state index is 12.8. The van der Waals surface area contributed by atoms with Crippen molar-refractivity contribution < 1.29 is 23.1 Å². The third-order valence-electron chi connectivity index (χ3n) is 4.84. The molecule has 3 rings (SSSR count). The predicted molar refractivity (Wildman–Crippen MR) is 98.1 cm³/mol. The Bertz CT molecular complexity index is 772. The van der Waals surface area contributed by atoms with Crippen LogP contribution in [0.2, 0.25) is 0 Å². The quantitative estimate of drug-likeness (QED) is 0.733. The molecule has 2 heterocycles. The van der Waals surface area contributed by atoms with Crippen molar-refractivity contribution in [1.29, 1.82) is 0 Å². The van der Waals surface area contributed by atoms with Crippen LogP contribution in [-0.4, -0.2) is 85.7 Å². The number of amides is 1. The highest BCUT2D eigenvalue weighted by Gasteiger charge is 2.41. The van der Waals surface area contributed by atoms with E-state index in [9.17, 15) is 18.3 Å². The zero-order valence-corrected chi connectivity index (χ0v) is 15.4. The van der Waals surface area contributed by atoms with Crippen LogP contribution in [0.5, 0.6) is 5.75 Å². The number of nitrogens with zero attached hydrogens (tertiary/aromatic N) is 2.